The summed E-state index contributed by atoms with van der Waals surface area (Å²) in [5.74, 6) is -1.07. The van der Waals surface area contributed by atoms with Crippen molar-refractivity contribution in [1.29, 1.82) is 0 Å². The number of nitrogens with two attached hydrogens (primary N) is 1. The first-order chi connectivity index (χ1) is 6.59. The molecule has 2 rings (SSSR count). The maximum Gasteiger partial charge on any atom is 0.337 e. The van der Waals surface area contributed by atoms with Crippen molar-refractivity contribution in [1.82, 2.24) is 5.16 Å². The zero-order valence-corrected chi connectivity index (χ0v) is 7.44. The van der Waals surface area contributed by atoms with Crippen molar-refractivity contribution in [3.8, 4) is 0 Å². The van der Waals surface area contributed by atoms with Crippen molar-refractivity contribution in [2.45, 2.75) is 6.92 Å². The molecule has 0 unspecified atom stereocenters. The number of benzene rings is 1. The van der Waals surface area contributed by atoms with Gasteiger partial charge in [-0.2, -0.15) is 0 Å². The number of carboxylic acids is 1. The minimum absolute atomic E-state index is 0.0358. The third-order valence-corrected chi connectivity index (χ3v) is 2.05. The number of carboxylic acid groups (broad SMARTS) is 1. The van der Waals surface area contributed by atoms with Crippen LogP contribution in [0.1, 0.15) is 16.1 Å². The molecule has 5 nitrogen and oxygen atoms in total. The molecule has 5 heteroatoms. The van der Waals surface area contributed by atoms with Crippen LogP contribution in [-0.4, -0.2) is 16.2 Å². The van der Waals surface area contributed by atoms with Crippen LogP contribution in [0.15, 0.2) is 16.7 Å². The Labute approximate surface area is 79.1 Å². The molecule has 0 aliphatic carbocycles. The molecule has 0 amide bonds. The summed E-state index contributed by atoms with van der Waals surface area (Å²) in [6.07, 6.45) is 0. The Bertz CT molecular complexity index is 516. The molecule has 1 aromatic carbocycles. The highest BCUT2D eigenvalue weighted by Crippen LogP contribution is 2.24. The van der Waals surface area contributed by atoms with Crippen LogP contribution in [0, 0.1) is 6.92 Å². The average molecular weight is 192 g/mol. The summed E-state index contributed by atoms with van der Waals surface area (Å²) in [6.45, 7) is 1.77. The van der Waals surface area contributed by atoms with Gasteiger partial charge in [0.15, 0.2) is 5.58 Å². The predicted octanol–water partition coefficient (Wildman–Crippen LogP) is 1.42. The normalized spacial score (nSPS) is 10.6. The van der Waals surface area contributed by atoms with Crippen LogP contribution in [0.2, 0.25) is 0 Å². The summed E-state index contributed by atoms with van der Waals surface area (Å²) in [6, 6.07) is 2.94. The van der Waals surface area contributed by atoms with E-state index in [-0.39, 0.29) is 11.3 Å². The predicted molar refractivity (Wildman–Crippen MR) is 50.1 cm³/mol. The van der Waals surface area contributed by atoms with Crippen LogP contribution >= 0.6 is 0 Å². The van der Waals surface area contributed by atoms with Gasteiger partial charge in [0.1, 0.15) is 0 Å². The molecule has 14 heavy (non-hydrogen) atoms. The Balaban J connectivity index is 2.79. The van der Waals surface area contributed by atoms with Gasteiger partial charge in [0.2, 0.25) is 0 Å². The third-order valence-electron chi connectivity index (χ3n) is 2.05. The van der Waals surface area contributed by atoms with Crippen molar-refractivity contribution in [3.63, 3.8) is 0 Å². The van der Waals surface area contributed by atoms with Gasteiger partial charge in [-0.15, -0.1) is 0 Å². The third kappa shape index (κ3) is 1.10. The van der Waals surface area contributed by atoms with E-state index in [0.29, 0.717) is 11.3 Å². The van der Waals surface area contributed by atoms with Gasteiger partial charge in [0.05, 0.1) is 11.3 Å². The molecule has 0 saturated carbocycles. The number of hydrogen-bond acceptors (Lipinski definition) is 4. The molecular weight excluding hydrogens is 184 g/mol. The van der Waals surface area contributed by atoms with Gasteiger partial charge in [-0.25, -0.2) is 4.79 Å². The maximum atomic E-state index is 10.7. The molecule has 0 radical (unpaired) electrons. The summed E-state index contributed by atoms with van der Waals surface area (Å²) >= 11 is 0. The topological polar surface area (TPSA) is 89.3 Å². The SMILES string of the molecule is Cc1noc2cc(C(=O)O)c(N)cc12. The quantitative estimate of drug-likeness (QED) is 0.667. The molecule has 0 aliphatic heterocycles. The summed E-state index contributed by atoms with van der Waals surface area (Å²) in [5, 5.41) is 13.2. The zero-order chi connectivity index (χ0) is 10.3. The second kappa shape index (κ2) is 2.73. The molecule has 0 fully saturated rings. The molecule has 0 saturated heterocycles. The Morgan fingerprint density at radius 2 is 2.29 bits per heavy atom. The first kappa shape index (κ1) is 8.55. The number of aryl methyl sites for hydroxylation is 1. The molecule has 1 aromatic heterocycles. The number of aromatic carboxylic acids is 1. The van der Waals surface area contributed by atoms with Crippen LogP contribution in [0.25, 0.3) is 11.0 Å². The highest BCUT2D eigenvalue weighted by molar-refractivity contribution is 5.99. The molecule has 0 aliphatic rings. The van der Waals surface area contributed by atoms with Crippen LogP contribution in [-0.2, 0) is 0 Å². The fourth-order valence-electron chi connectivity index (χ4n) is 1.31. The molecule has 0 spiro atoms. The highest BCUT2D eigenvalue weighted by Gasteiger charge is 2.12. The number of anilines is 1. The van der Waals surface area contributed by atoms with E-state index in [0.717, 1.165) is 5.39 Å². The van der Waals surface area contributed by atoms with Gasteiger partial charge < -0.3 is 15.4 Å². The number of hydrogen-bond donors (Lipinski definition) is 2. The van der Waals surface area contributed by atoms with Crippen LogP contribution in [0.5, 0.6) is 0 Å². The lowest BCUT2D eigenvalue weighted by atomic mass is 10.1. The van der Waals surface area contributed by atoms with Gasteiger partial charge in [0, 0.05) is 17.1 Å². The Hall–Kier alpha value is -2.04. The number of carbonyl (C=O) groups is 1. The number of nitrogen functional groups attached to an aromatic ring is 1. The zero-order valence-electron chi connectivity index (χ0n) is 7.44. The largest absolute Gasteiger partial charge is 0.478 e. The van der Waals surface area contributed by atoms with E-state index in [2.05, 4.69) is 5.16 Å². The second-order valence-electron chi connectivity index (χ2n) is 3.01. The first-order valence-electron chi connectivity index (χ1n) is 3.98. The summed E-state index contributed by atoms with van der Waals surface area (Å²) < 4.78 is 4.93. The minimum Gasteiger partial charge on any atom is -0.478 e. The van der Waals surface area contributed by atoms with Crippen molar-refractivity contribution in [2.75, 3.05) is 5.73 Å². The van der Waals surface area contributed by atoms with E-state index in [1.807, 2.05) is 0 Å². The number of fused-ring (bicyclic) bond motifs is 1. The van der Waals surface area contributed by atoms with Crippen molar-refractivity contribution in [2.24, 2.45) is 0 Å². The van der Waals surface area contributed by atoms with Gasteiger partial charge in [-0.3, -0.25) is 0 Å². The molecule has 3 N–H and O–H groups in total. The fourth-order valence-corrected chi connectivity index (χ4v) is 1.31. The van der Waals surface area contributed by atoms with Crippen molar-refractivity contribution < 1.29 is 14.4 Å². The van der Waals surface area contributed by atoms with Crippen molar-refractivity contribution >= 4 is 22.6 Å². The summed E-state index contributed by atoms with van der Waals surface area (Å²) in [4.78, 5) is 10.7. The highest BCUT2D eigenvalue weighted by atomic mass is 16.5. The number of nitrogens with zero attached hydrogens (tertiary/aromatic N) is 1. The van der Waals surface area contributed by atoms with E-state index in [1.54, 1.807) is 13.0 Å². The molecule has 1 heterocycles. The van der Waals surface area contributed by atoms with Crippen LogP contribution < -0.4 is 5.73 Å². The van der Waals surface area contributed by atoms with Gasteiger partial charge >= 0.3 is 5.97 Å². The number of rotatable bonds is 1. The smallest absolute Gasteiger partial charge is 0.337 e. The summed E-state index contributed by atoms with van der Waals surface area (Å²) in [7, 11) is 0. The maximum absolute atomic E-state index is 10.7. The summed E-state index contributed by atoms with van der Waals surface area (Å²) in [5.41, 5.74) is 6.96. The van der Waals surface area contributed by atoms with Crippen LogP contribution in [0.4, 0.5) is 5.69 Å². The van der Waals surface area contributed by atoms with Gasteiger partial charge in [0.25, 0.3) is 0 Å². The second-order valence-corrected chi connectivity index (χ2v) is 3.01. The molecular formula is C9H8N2O3. The molecule has 0 atom stereocenters. The molecule has 72 valence electrons. The lowest BCUT2D eigenvalue weighted by Crippen LogP contribution is -2.01. The van der Waals surface area contributed by atoms with Gasteiger partial charge in [-0.1, -0.05) is 5.16 Å². The fraction of sp³-hybridized carbons (Fsp3) is 0.111. The minimum atomic E-state index is -1.07. The van der Waals surface area contributed by atoms with Crippen LogP contribution in [0.3, 0.4) is 0 Å². The van der Waals surface area contributed by atoms with E-state index in [1.165, 1.54) is 6.07 Å². The molecule has 0 bridgehead atoms. The van der Waals surface area contributed by atoms with E-state index < -0.39 is 5.97 Å². The Kier molecular flexibility index (Phi) is 1.67. The Morgan fingerprint density at radius 1 is 1.57 bits per heavy atom. The molecule has 2 aromatic rings. The standard InChI is InChI=1S/C9H8N2O3/c1-4-5-2-7(10)6(9(12)13)3-8(5)14-11-4/h2-3H,10H2,1H3,(H,12,13). The van der Waals surface area contributed by atoms with Gasteiger partial charge in [-0.05, 0) is 13.0 Å². The number of aromatic nitrogens is 1. The van der Waals surface area contributed by atoms with E-state index >= 15 is 0 Å². The first-order valence-corrected chi connectivity index (χ1v) is 3.98. The lowest BCUT2D eigenvalue weighted by Gasteiger charge is -1.99. The van der Waals surface area contributed by atoms with E-state index in [9.17, 15) is 4.79 Å². The monoisotopic (exact) mass is 192 g/mol. The van der Waals surface area contributed by atoms with E-state index in [4.69, 9.17) is 15.4 Å². The average Bonchev–Trinajstić information content (AvgIpc) is 2.46. The Morgan fingerprint density at radius 3 is 2.93 bits per heavy atom. The van der Waals surface area contributed by atoms with Crippen molar-refractivity contribution in [3.05, 3.63) is 23.4 Å². The lowest BCUT2D eigenvalue weighted by molar-refractivity contribution is 0.0698.